The topological polar surface area (TPSA) is 89.3 Å². The molecule has 1 fully saturated rings. The van der Waals surface area contributed by atoms with Crippen molar-refractivity contribution < 1.29 is 9.53 Å². The summed E-state index contributed by atoms with van der Waals surface area (Å²) in [6.07, 6.45) is 1.15. The molecule has 1 saturated heterocycles. The average molecular weight is 369 g/mol. The van der Waals surface area contributed by atoms with Gasteiger partial charge in [0.15, 0.2) is 5.13 Å². The minimum Gasteiger partial charge on any atom is -0.364 e. The summed E-state index contributed by atoms with van der Waals surface area (Å²) in [5, 5.41) is 8.95. The number of aryl methyl sites for hydroxylation is 1. The molecule has 0 saturated carbocycles. The molecule has 1 aliphatic rings. The van der Waals surface area contributed by atoms with Gasteiger partial charge in [0, 0.05) is 23.3 Å². The van der Waals surface area contributed by atoms with Crippen molar-refractivity contribution in [2.24, 2.45) is 5.73 Å². The van der Waals surface area contributed by atoms with Crippen molar-refractivity contribution in [3.05, 3.63) is 35.3 Å². The summed E-state index contributed by atoms with van der Waals surface area (Å²) in [5.41, 5.74) is 8.23. The number of amides is 1. The second-order valence-corrected chi connectivity index (χ2v) is 6.40. The van der Waals surface area contributed by atoms with Crippen molar-refractivity contribution in [1.29, 1.82) is 0 Å². The van der Waals surface area contributed by atoms with Crippen LogP contribution in [-0.2, 0) is 9.53 Å². The number of nitrogens with zero attached hydrogens (tertiary/aromatic N) is 1. The first-order chi connectivity index (χ1) is 11.1. The first kappa shape index (κ1) is 18.7. The fraction of sp³-hybridized carbons (Fsp3) is 0.375. The largest absolute Gasteiger partial charge is 0.364 e. The van der Waals surface area contributed by atoms with Crippen LogP contribution >= 0.6 is 23.7 Å². The van der Waals surface area contributed by atoms with Crippen LogP contribution in [0.5, 0.6) is 0 Å². The molecule has 24 heavy (non-hydrogen) atoms. The van der Waals surface area contributed by atoms with E-state index in [1.54, 1.807) is 11.3 Å². The van der Waals surface area contributed by atoms with E-state index >= 15 is 0 Å². The lowest BCUT2D eigenvalue weighted by Gasteiger charge is -2.13. The van der Waals surface area contributed by atoms with Crippen LogP contribution in [0.15, 0.2) is 29.6 Å². The lowest BCUT2D eigenvalue weighted by molar-refractivity contribution is -0.126. The second-order valence-electron chi connectivity index (χ2n) is 5.55. The van der Waals surface area contributed by atoms with Crippen molar-refractivity contribution >= 4 is 46.2 Å². The number of benzene rings is 1. The molecular formula is C16H21ClN4O2S. The van der Waals surface area contributed by atoms with Crippen LogP contribution in [0.3, 0.4) is 0 Å². The summed E-state index contributed by atoms with van der Waals surface area (Å²) in [4.78, 5) is 16.5. The van der Waals surface area contributed by atoms with E-state index in [0.29, 0.717) is 6.54 Å². The van der Waals surface area contributed by atoms with Gasteiger partial charge in [-0.2, -0.15) is 0 Å². The molecule has 2 heterocycles. The molecule has 2 aromatic rings. The van der Waals surface area contributed by atoms with Gasteiger partial charge in [-0.15, -0.1) is 23.7 Å². The third-order valence-electron chi connectivity index (χ3n) is 3.69. The highest BCUT2D eigenvalue weighted by Gasteiger charge is 2.29. The van der Waals surface area contributed by atoms with Gasteiger partial charge in [-0.05, 0) is 44.0 Å². The van der Waals surface area contributed by atoms with Gasteiger partial charge in [-0.3, -0.25) is 4.79 Å². The fourth-order valence-electron chi connectivity index (χ4n) is 2.47. The Morgan fingerprint density at radius 1 is 1.33 bits per heavy atom. The fourth-order valence-corrected chi connectivity index (χ4v) is 3.17. The van der Waals surface area contributed by atoms with Crippen molar-refractivity contribution in [3.63, 3.8) is 0 Å². The lowest BCUT2D eigenvalue weighted by atomic mass is 10.2. The van der Waals surface area contributed by atoms with Crippen LogP contribution in [0.2, 0.25) is 0 Å². The number of carbonyl (C=O) groups excluding carboxylic acids is 1. The van der Waals surface area contributed by atoms with Crippen LogP contribution in [0, 0.1) is 6.92 Å². The molecule has 3 rings (SSSR count). The first-order valence-electron chi connectivity index (χ1n) is 7.59. The third kappa shape index (κ3) is 4.67. The molecule has 1 aromatic carbocycles. The molecule has 130 valence electrons. The summed E-state index contributed by atoms with van der Waals surface area (Å²) in [6.45, 7) is 2.42. The molecule has 0 spiro atoms. The van der Waals surface area contributed by atoms with E-state index in [4.69, 9.17) is 10.5 Å². The van der Waals surface area contributed by atoms with E-state index in [1.807, 2.05) is 36.6 Å². The Hall–Kier alpha value is -1.67. The van der Waals surface area contributed by atoms with Crippen LogP contribution in [0.4, 0.5) is 16.5 Å². The van der Waals surface area contributed by atoms with E-state index < -0.39 is 6.10 Å². The van der Waals surface area contributed by atoms with Gasteiger partial charge in [-0.25, -0.2) is 4.98 Å². The van der Waals surface area contributed by atoms with E-state index in [0.717, 1.165) is 35.0 Å². The minimum absolute atomic E-state index is 0. The quantitative estimate of drug-likeness (QED) is 0.754. The zero-order chi connectivity index (χ0) is 16.2. The molecule has 1 aromatic heterocycles. The summed E-state index contributed by atoms with van der Waals surface area (Å²) >= 11 is 1.56. The van der Waals surface area contributed by atoms with Crippen LogP contribution in [-0.4, -0.2) is 29.6 Å². The number of carbonyl (C=O) groups is 1. The average Bonchev–Trinajstić information content (AvgIpc) is 3.18. The molecule has 2 atom stereocenters. The Morgan fingerprint density at radius 2 is 2.04 bits per heavy atom. The molecule has 0 aliphatic carbocycles. The number of hydrogen-bond acceptors (Lipinski definition) is 6. The van der Waals surface area contributed by atoms with Crippen molar-refractivity contribution in [2.75, 3.05) is 17.2 Å². The Bertz CT molecular complexity index is 677. The van der Waals surface area contributed by atoms with Crippen LogP contribution < -0.4 is 16.4 Å². The van der Waals surface area contributed by atoms with Crippen molar-refractivity contribution in [2.45, 2.75) is 32.0 Å². The minimum atomic E-state index is -0.403. The van der Waals surface area contributed by atoms with E-state index in [9.17, 15) is 4.79 Å². The van der Waals surface area contributed by atoms with Gasteiger partial charge in [-0.1, -0.05) is 0 Å². The molecule has 0 radical (unpaired) electrons. The number of halogens is 1. The number of rotatable bonds is 5. The number of thiazole rings is 1. The normalized spacial score (nSPS) is 19.6. The molecule has 1 aliphatic heterocycles. The number of anilines is 3. The summed E-state index contributed by atoms with van der Waals surface area (Å²) in [5.74, 6) is -0.114. The van der Waals surface area contributed by atoms with E-state index in [1.165, 1.54) is 0 Å². The molecule has 0 bridgehead atoms. The number of ether oxygens (including phenoxy) is 1. The number of nitrogens with two attached hydrogens (primary N) is 1. The second kappa shape index (κ2) is 8.43. The van der Waals surface area contributed by atoms with Crippen LogP contribution in [0.25, 0.3) is 0 Å². The van der Waals surface area contributed by atoms with E-state index in [-0.39, 0.29) is 24.4 Å². The van der Waals surface area contributed by atoms with Gasteiger partial charge >= 0.3 is 0 Å². The standard InChI is InChI=1S/C16H20N4O2S.ClH/c1-10-9-23-16(18-10)20-12-4-2-11(3-5-12)19-15(21)14-7-6-13(8-17)22-14;/h2-5,9,13-14H,6-8,17H2,1H3,(H,18,20)(H,19,21);1H/t13-,14+;/m1./s1. The van der Waals surface area contributed by atoms with Gasteiger partial charge in [0.2, 0.25) is 0 Å². The van der Waals surface area contributed by atoms with E-state index in [2.05, 4.69) is 15.6 Å². The smallest absolute Gasteiger partial charge is 0.253 e. The highest BCUT2D eigenvalue weighted by molar-refractivity contribution is 7.13. The van der Waals surface area contributed by atoms with Crippen molar-refractivity contribution in [3.8, 4) is 0 Å². The lowest BCUT2D eigenvalue weighted by Crippen LogP contribution is -2.29. The van der Waals surface area contributed by atoms with Gasteiger partial charge < -0.3 is 21.1 Å². The Kier molecular flexibility index (Phi) is 6.56. The third-order valence-corrected chi connectivity index (χ3v) is 4.56. The zero-order valence-corrected chi connectivity index (χ0v) is 15.0. The molecule has 4 N–H and O–H groups in total. The van der Waals surface area contributed by atoms with Gasteiger partial charge in [0.05, 0.1) is 11.8 Å². The van der Waals surface area contributed by atoms with Gasteiger partial charge in [0.25, 0.3) is 5.91 Å². The SMILES string of the molecule is Cc1csc(Nc2ccc(NC(=O)[C@@H]3CC[C@H](CN)O3)cc2)n1.Cl. The Labute approximate surface area is 151 Å². The summed E-state index contributed by atoms with van der Waals surface area (Å²) in [7, 11) is 0. The highest BCUT2D eigenvalue weighted by atomic mass is 35.5. The predicted molar refractivity (Wildman–Crippen MR) is 99.4 cm³/mol. The number of hydrogen-bond donors (Lipinski definition) is 3. The maximum Gasteiger partial charge on any atom is 0.253 e. The summed E-state index contributed by atoms with van der Waals surface area (Å²) in [6, 6.07) is 7.53. The Balaban J connectivity index is 0.00000208. The van der Waals surface area contributed by atoms with Gasteiger partial charge in [0.1, 0.15) is 6.10 Å². The van der Waals surface area contributed by atoms with Crippen molar-refractivity contribution in [1.82, 2.24) is 4.98 Å². The molecule has 8 heteroatoms. The first-order valence-corrected chi connectivity index (χ1v) is 8.47. The maximum absolute atomic E-state index is 12.2. The number of aromatic nitrogens is 1. The monoisotopic (exact) mass is 368 g/mol. The van der Waals surface area contributed by atoms with Crippen LogP contribution in [0.1, 0.15) is 18.5 Å². The zero-order valence-electron chi connectivity index (χ0n) is 13.3. The Morgan fingerprint density at radius 3 is 2.62 bits per heavy atom. The highest BCUT2D eigenvalue weighted by Crippen LogP contribution is 2.23. The maximum atomic E-state index is 12.2. The molecule has 1 amide bonds. The molecule has 0 unspecified atom stereocenters. The number of nitrogens with one attached hydrogen (secondary N) is 2. The molecule has 6 nitrogen and oxygen atoms in total. The predicted octanol–water partition coefficient (Wildman–Crippen LogP) is 3.06. The molecular weight excluding hydrogens is 348 g/mol. The summed E-state index contributed by atoms with van der Waals surface area (Å²) < 4.78 is 5.59.